The molecule has 1 aromatic carbocycles. The van der Waals surface area contributed by atoms with Gasteiger partial charge in [0.1, 0.15) is 13.2 Å². The highest BCUT2D eigenvalue weighted by Gasteiger charge is 2.25. The van der Waals surface area contributed by atoms with Crippen LogP contribution in [0.3, 0.4) is 0 Å². The van der Waals surface area contributed by atoms with Crippen LogP contribution in [0.25, 0.3) is 0 Å². The third-order valence-electron chi connectivity index (χ3n) is 3.88. The molecule has 1 N–H and O–H groups in total. The van der Waals surface area contributed by atoms with Crippen molar-refractivity contribution in [1.29, 1.82) is 0 Å². The van der Waals surface area contributed by atoms with E-state index in [1.807, 2.05) is 18.2 Å². The molecule has 116 valence electrons. The van der Waals surface area contributed by atoms with E-state index in [1.165, 1.54) is 0 Å². The zero-order valence-corrected chi connectivity index (χ0v) is 12.6. The molecule has 0 amide bonds. The van der Waals surface area contributed by atoms with E-state index in [4.69, 9.17) is 14.2 Å². The summed E-state index contributed by atoms with van der Waals surface area (Å²) in [5, 5.41) is 10.5. The van der Waals surface area contributed by atoms with Crippen LogP contribution in [0, 0.1) is 0 Å². The predicted octanol–water partition coefficient (Wildman–Crippen LogP) is 1.60. The van der Waals surface area contributed by atoms with Gasteiger partial charge in [0.2, 0.25) is 0 Å². The summed E-state index contributed by atoms with van der Waals surface area (Å²) in [7, 11) is 0. The van der Waals surface area contributed by atoms with Crippen molar-refractivity contribution in [3.63, 3.8) is 0 Å². The highest BCUT2D eigenvalue weighted by Crippen LogP contribution is 2.33. The Bertz CT molecular complexity index is 483. The van der Waals surface area contributed by atoms with Crippen LogP contribution < -0.4 is 9.47 Å². The monoisotopic (exact) mass is 293 g/mol. The minimum Gasteiger partial charge on any atom is -0.486 e. The smallest absolute Gasteiger partial charge is 0.161 e. The zero-order chi connectivity index (χ0) is 14.8. The Morgan fingerprint density at radius 3 is 2.52 bits per heavy atom. The van der Waals surface area contributed by atoms with Crippen LogP contribution in [0.1, 0.15) is 25.5 Å². The van der Waals surface area contributed by atoms with Crippen LogP contribution >= 0.6 is 0 Å². The van der Waals surface area contributed by atoms with Gasteiger partial charge in [-0.2, -0.15) is 0 Å². The third-order valence-corrected chi connectivity index (χ3v) is 3.88. The number of morpholine rings is 1. The van der Waals surface area contributed by atoms with Crippen LogP contribution in [0.2, 0.25) is 0 Å². The molecule has 2 heterocycles. The molecule has 1 aromatic rings. The zero-order valence-electron chi connectivity index (χ0n) is 12.6. The lowest BCUT2D eigenvalue weighted by Gasteiger charge is -2.36. The maximum atomic E-state index is 10.5. The van der Waals surface area contributed by atoms with Gasteiger partial charge in [0.25, 0.3) is 0 Å². The Kier molecular flexibility index (Phi) is 4.33. The van der Waals surface area contributed by atoms with Crippen molar-refractivity contribution in [3.8, 4) is 11.5 Å². The molecule has 0 radical (unpaired) electrons. The van der Waals surface area contributed by atoms with Gasteiger partial charge in [0.15, 0.2) is 11.5 Å². The summed E-state index contributed by atoms with van der Waals surface area (Å²) in [6.07, 6.45) is -0.110. The first kappa shape index (κ1) is 14.6. The highest BCUT2D eigenvalue weighted by atomic mass is 16.6. The van der Waals surface area contributed by atoms with E-state index in [1.54, 1.807) is 0 Å². The molecule has 5 nitrogen and oxygen atoms in total. The quantitative estimate of drug-likeness (QED) is 0.917. The standard InChI is InChI=1S/C16H23NO4/c1-11-8-17(9-12(2)21-11)10-14(18)13-3-4-15-16(7-13)20-6-5-19-15/h3-4,7,11-12,14,18H,5-6,8-10H2,1-2H3. The van der Waals surface area contributed by atoms with Crippen LogP contribution in [-0.4, -0.2) is 55.1 Å². The van der Waals surface area contributed by atoms with Gasteiger partial charge in [0.05, 0.1) is 18.3 Å². The van der Waals surface area contributed by atoms with Crippen LogP contribution in [-0.2, 0) is 4.74 Å². The number of ether oxygens (including phenoxy) is 3. The summed E-state index contributed by atoms with van der Waals surface area (Å²) in [5.41, 5.74) is 0.867. The van der Waals surface area contributed by atoms with Gasteiger partial charge in [-0.3, -0.25) is 4.90 Å². The SMILES string of the molecule is CC1CN(CC(O)c2ccc3c(c2)OCCO3)CC(C)O1. The number of hydrogen-bond donors (Lipinski definition) is 1. The highest BCUT2D eigenvalue weighted by molar-refractivity contribution is 5.44. The fourth-order valence-electron chi connectivity index (χ4n) is 3.05. The van der Waals surface area contributed by atoms with Gasteiger partial charge in [0, 0.05) is 19.6 Å². The Labute approximate surface area is 125 Å². The van der Waals surface area contributed by atoms with E-state index in [2.05, 4.69) is 18.7 Å². The predicted molar refractivity (Wildman–Crippen MR) is 78.8 cm³/mol. The van der Waals surface area contributed by atoms with Gasteiger partial charge < -0.3 is 19.3 Å². The van der Waals surface area contributed by atoms with E-state index < -0.39 is 6.10 Å². The number of aliphatic hydroxyl groups excluding tert-OH is 1. The Balaban J connectivity index is 1.66. The van der Waals surface area contributed by atoms with Gasteiger partial charge in [-0.05, 0) is 31.5 Å². The van der Waals surface area contributed by atoms with Gasteiger partial charge in [-0.1, -0.05) is 6.07 Å². The fraction of sp³-hybridized carbons (Fsp3) is 0.625. The minimum absolute atomic E-state index is 0.209. The van der Waals surface area contributed by atoms with Crippen LogP contribution in [0.15, 0.2) is 18.2 Å². The van der Waals surface area contributed by atoms with Crippen molar-refractivity contribution < 1.29 is 19.3 Å². The summed E-state index contributed by atoms with van der Waals surface area (Å²) >= 11 is 0. The number of rotatable bonds is 3. The average Bonchev–Trinajstić information content (AvgIpc) is 2.45. The molecule has 0 saturated carbocycles. The summed E-state index contributed by atoms with van der Waals surface area (Å²) in [6, 6.07) is 5.66. The van der Waals surface area contributed by atoms with Gasteiger partial charge >= 0.3 is 0 Å². The number of aliphatic hydroxyl groups is 1. The van der Waals surface area contributed by atoms with E-state index in [9.17, 15) is 5.11 Å². The molecule has 0 spiro atoms. The van der Waals surface area contributed by atoms with E-state index in [0.717, 1.165) is 30.2 Å². The maximum absolute atomic E-state index is 10.5. The molecule has 2 aliphatic heterocycles. The van der Waals surface area contributed by atoms with Crippen molar-refractivity contribution in [3.05, 3.63) is 23.8 Å². The first-order valence-corrected chi connectivity index (χ1v) is 7.57. The second kappa shape index (κ2) is 6.22. The number of nitrogens with zero attached hydrogens (tertiary/aromatic N) is 1. The first-order valence-electron chi connectivity index (χ1n) is 7.57. The number of β-amino-alcohol motifs (C(OH)–C–C–N with tert-alkyl or cyclic N) is 1. The molecule has 5 heteroatoms. The summed E-state index contributed by atoms with van der Waals surface area (Å²) < 4.78 is 16.8. The maximum Gasteiger partial charge on any atom is 0.161 e. The lowest BCUT2D eigenvalue weighted by molar-refractivity contribution is -0.0767. The van der Waals surface area contributed by atoms with Crippen LogP contribution in [0.4, 0.5) is 0 Å². The minimum atomic E-state index is -0.529. The molecular weight excluding hydrogens is 270 g/mol. The molecular formula is C16H23NO4. The lowest BCUT2D eigenvalue weighted by Crippen LogP contribution is -2.46. The third kappa shape index (κ3) is 3.48. The van der Waals surface area contributed by atoms with Crippen molar-refractivity contribution >= 4 is 0 Å². The molecule has 1 saturated heterocycles. The topological polar surface area (TPSA) is 51.2 Å². The average molecular weight is 293 g/mol. The van der Waals surface area contributed by atoms with Gasteiger partial charge in [-0.15, -0.1) is 0 Å². The number of benzene rings is 1. The van der Waals surface area contributed by atoms with Crippen molar-refractivity contribution in [2.75, 3.05) is 32.8 Å². The Hall–Kier alpha value is -1.30. The summed E-state index contributed by atoms with van der Waals surface area (Å²) in [6.45, 7) is 7.59. The molecule has 21 heavy (non-hydrogen) atoms. The molecule has 0 aliphatic carbocycles. The van der Waals surface area contributed by atoms with E-state index in [-0.39, 0.29) is 12.2 Å². The van der Waals surface area contributed by atoms with Crippen molar-refractivity contribution in [2.45, 2.75) is 32.2 Å². The second-order valence-corrected chi connectivity index (χ2v) is 5.89. The molecule has 1 fully saturated rings. The van der Waals surface area contributed by atoms with Crippen molar-refractivity contribution in [1.82, 2.24) is 4.90 Å². The molecule has 3 rings (SSSR count). The molecule has 3 unspecified atom stereocenters. The summed E-state index contributed by atoms with van der Waals surface area (Å²) in [4.78, 5) is 2.25. The summed E-state index contributed by atoms with van der Waals surface area (Å²) in [5.74, 6) is 1.48. The largest absolute Gasteiger partial charge is 0.486 e. The molecule has 0 aromatic heterocycles. The second-order valence-electron chi connectivity index (χ2n) is 5.89. The van der Waals surface area contributed by atoms with E-state index in [0.29, 0.717) is 19.8 Å². The van der Waals surface area contributed by atoms with Crippen molar-refractivity contribution in [2.24, 2.45) is 0 Å². The van der Waals surface area contributed by atoms with Crippen LogP contribution in [0.5, 0.6) is 11.5 Å². The van der Waals surface area contributed by atoms with Gasteiger partial charge in [-0.25, -0.2) is 0 Å². The Morgan fingerprint density at radius 1 is 1.14 bits per heavy atom. The number of hydrogen-bond acceptors (Lipinski definition) is 5. The first-order chi connectivity index (χ1) is 10.1. The lowest BCUT2D eigenvalue weighted by atomic mass is 10.1. The normalized spacial score (nSPS) is 27.4. The Morgan fingerprint density at radius 2 is 1.81 bits per heavy atom. The number of fused-ring (bicyclic) bond motifs is 1. The fourth-order valence-corrected chi connectivity index (χ4v) is 3.05. The molecule has 0 bridgehead atoms. The molecule has 3 atom stereocenters. The van der Waals surface area contributed by atoms with E-state index >= 15 is 0 Å². The molecule has 2 aliphatic rings.